The summed E-state index contributed by atoms with van der Waals surface area (Å²) in [7, 11) is 0. The van der Waals surface area contributed by atoms with Crippen LogP contribution in [0.5, 0.6) is 0 Å². The number of carbonyl (C=O) groups is 1. The van der Waals surface area contributed by atoms with Gasteiger partial charge >= 0.3 is 0 Å². The molecule has 1 aromatic carbocycles. The van der Waals surface area contributed by atoms with Crippen molar-refractivity contribution in [2.75, 3.05) is 0 Å². The van der Waals surface area contributed by atoms with Gasteiger partial charge < -0.3 is 15.4 Å². The minimum absolute atomic E-state index is 0.217. The average Bonchev–Trinajstić information content (AvgIpc) is 2.80. The SMILES string of the molecule is CC(C)(O)C#Cc1ccc2c(c1)-c1nc(C(N)=O)cn1C1C=C2C1. The molecular formula is C19H17N3O2. The molecule has 0 radical (unpaired) electrons. The first-order chi connectivity index (χ1) is 11.3. The summed E-state index contributed by atoms with van der Waals surface area (Å²) in [4.78, 5) is 15.9. The Kier molecular flexibility index (Phi) is 2.96. The number of amides is 1. The van der Waals surface area contributed by atoms with Crippen molar-refractivity contribution in [3.8, 4) is 23.2 Å². The summed E-state index contributed by atoms with van der Waals surface area (Å²) < 4.78 is 2.00. The van der Waals surface area contributed by atoms with Crippen LogP contribution >= 0.6 is 0 Å². The zero-order valence-electron chi connectivity index (χ0n) is 13.5. The van der Waals surface area contributed by atoms with Gasteiger partial charge in [0, 0.05) is 17.3 Å². The predicted molar refractivity (Wildman–Crippen MR) is 91.0 cm³/mol. The van der Waals surface area contributed by atoms with Crippen molar-refractivity contribution in [3.05, 3.63) is 47.3 Å². The molecule has 3 N–H and O–H groups in total. The van der Waals surface area contributed by atoms with Gasteiger partial charge in [-0.3, -0.25) is 4.79 Å². The number of aliphatic hydroxyl groups is 1. The first-order valence-corrected chi connectivity index (χ1v) is 7.81. The highest BCUT2D eigenvalue weighted by Crippen LogP contribution is 2.46. The van der Waals surface area contributed by atoms with E-state index in [9.17, 15) is 9.90 Å². The number of imidazole rings is 1. The van der Waals surface area contributed by atoms with Crippen LogP contribution in [0.25, 0.3) is 17.0 Å². The maximum absolute atomic E-state index is 11.5. The van der Waals surface area contributed by atoms with E-state index in [1.807, 2.05) is 22.8 Å². The lowest BCUT2D eigenvalue weighted by atomic mass is 9.86. The van der Waals surface area contributed by atoms with Gasteiger partial charge in [-0.15, -0.1) is 0 Å². The van der Waals surface area contributed by atoms with Gasteiger partial charge in [-0.25, -0.2) is 4.98 Å². The van der Waals surface area contributed by atoms with Crippen LogP contribution < -0.4 is 5.73 Å². The van der Waals surface area contributed by atoms with Gasteiger partial charge in [0.05, 0.1) is 6.04 Å². The lowest BCUT2D eigenvalue weighted by Gasteiger charge is -2.24. The molecule has 0 saturated carbocycles. The first kappa shape index (κ1) is 14.7. The van der Waals surface area contributed by atoms with Crippen molar-refractivity contribution in [2.45, 2.75) is 31.9 Å². The molecule has 2 aliphatic heterocycles. The van der Waals surface area contributed by atoms with Crippen molar-refractivity contribution in [3.63, 3.8) is 0 Å². The third kappa shape index (κ3) is 2.32. The van der Waals surface area contributed by atoms with Crippen molar-refractivity contribution in [1.82, 2.24) is 9.55 Å². The maximum Gasteiger partial charge on any atom is 0.268 e. The highest BCUT2D eigenvalue weighted by atomic mass is 16.3. The van der Waals surface area contributed by atoms with Gasteiger partial charge in [0.25, 0.3) is 5.91 Å². The summed E-state index contributed by atoms with van der Waals surface area (Å²) in [6.07, 6.45) is 4.83. The molecule has 1 atom stereocenters. The van der Waals surface area contributed by atoms with Gasteiger partial charge in [-0.1, -0.05) is 24.0 Å². The van der Waals surface area contributed by atoms with E-state index in [2.05, 4.69) is 22.9 Å². The smallest absolute Gasteiger partial charge is 0.268 e. The monoisotopic (exact) mass is 319 g/mol. The topological polar surface area (TPSA) is 81.1 Å². The molecular weight excluding hydrogens is 302 g/mol. The summed E-state index contributed by atoms with van der Waals surface area (Å²) in [5, 5.41) is 9.78. The number of carbonyl (C=O) groups excluding carboxylic acids is 1. The number of allylic oxidation sites excluding steroid dienone is 2. The number of hydrogen-bond donors (Lipinski definition) is 2. The third-order valence-electron chi connectivity index (χ3n) is 4.28. The molecule has 5 rings (SSSR count). The van der Waals surface area contributed by atoms with Crippen LogP contribution in [0.4, 0.5) is 0 Å². The van der Waals surface area contributed by atoms with Crippen molar-refractivity contribution in [1.29, 1.82) is 0 Å². The molecule has 120 valence electrons. The van der Waals surface area contributed by atoms with E-state index in [1.165, 1.54) is 5.57 Å². The van der Waals surface area contributed by atoms with Gasteiger partial charge in [0.2, 0.25) is 0 Å². The molecule has 1 aromatic heterocycles. The van der Waals surface area contributed by atoms with E-state index in [0.717, 1.165) is 28.9 Å². The van der Waals surface area contributed by atoms with Gasteiger partial charge in [0.15, 0.2) is 0 Å². The van der Waals surface area contributed by atoms with E-state index < -0.39 is 11.5 Å². The number of benzene rings is 1. The van der Waals surface area contributed by atoms with Crippen LogP contribution in [0.1, 0.15) is 47.9 Å². The number of hydrogen-bond acceptors (Lipinski definition) is 3. The Balaban J connectivity index is 1.88. The molecule has 1 aliphatic carbocycles. The Morgan fingerprint density at radius 1 is 1.42 bits per heavy atom. The molecule has 0 fully saturated rings. The van der Waals surface area contributed by atoms with E-state index in [-0.39, 0.29) is 11.7 Å². The van der Waals surface area contributed by atoms with Gasteiger partial charge in [-0.05, 0) is 43.5 Å². The fourth-order valence-corrected chi connectivity index (χ4v) is 3.08. The van der Waals surface area contributed by atoms with Crippen LogP contribution in [0, 0.1) is 11.8 Å². The summed E-state index contributed by atoms with van der Waals surface area (Å²) >= 11 is 0. The van der Waals surface area contributed by atoms with E-state index in [0.29, 0.717) is 0 Å². The number of rotatable bonds is 1. The lowest BCUT2D eigenvalue weighted by Crippen LogP contribution is -2.14. The fourth-order valence-electron chi connectivity index (χ4n) is 3.08. The van der Waals surface area contributed by atoms with Crippen molar-refractivity contribution in [2.24, 2.45) is 5.73 Å². The second kappa shape index (κ2) is 4.83. The first-order valence-electron chi connectivity index (χ1n) is 7.81. The summed E-state index contributed by atoms with van der Waals surface area (Å²) in [6.45, 7) is 3.30. The molecule has 5 nitrogen and oxygen atoms in total. The quantitative estimate of drug-likeness (QED) is 0.790. The second-order valence-corrected chi connectivity index (χ2v) is 6.75. The number of primary amides is 1. The highest BCUT2D eigenvalue weighted by molar-refractivity contribution is 5.92. The maximum atomic E-state index is 11.5. The zero-order valence-corrected chi connectivity index (χ0v) is 13.5. The van der Waals surface area contributed by atoms with Gasteiger partial charge in [0.1, 0.15) is 17.1 Å². The number of nitrogens with zero attached hydrogens (tertiary/aromatic N) is 2. The standard InChI is InChI=1S/C19H17N3O2/c1-19(2,24)6-5-11-3-4-14-12-8-13(9-12)22-10-16(17(20)23)21-18(22)15(14)7-11/h3-4,7-8,10,13,24H,9H2,1-2H3,(H2,20,23). The normalized spacial score (nSPS) is 17.5. The fraction of sp³-hybridized carbons (Fsp3) is 0.263. The Hall–Kier alpha value is -2.84. The average molecular weight is 319 g/mol. The molecule has 2 aromatic rings. The number of aromatic nitrogens is 2. The van der Waals surface area contributed by atoms with Crippen LogP contribution in [-0.2, 0) is 0 Å². The highest BCUT2D eigenvalue weighted by Gasteiger charge is 2.32. The largest absolute Gasteiger partial charge is 0.378 e. The van der Waals surface area contributed by atoms with E-state index >= 15 is 0 Å². The lowest BCUT2D eigenvalue weighted by molar-refractivity contribution is 0.0996. The molecule has 2 bridgehead atoms. The molecule has 5 heteroatoms. The Morgan fingerprint density at radius 2 is 2.17 bits per heavy atom. The molecule has 1 amide bonds. The molecule has 0 spiro atoms. The van der Waals surface area contributed by atoms with Gasteiger partial charge in [-0.2, -0.15) is 0 Å². The summed E-state index contributed by atoms with van der Waals surface area (Å²) in [5.74, 6) is 6.02. The predicted octanol–water partition coefficient (Wildman–Crippen LogP) is 2.11. The van der Waals surface area contributed by atoms with Crippen LogP contribution in [-0.4, -0.2) is 26.2 Å². The molecule has 24 heavy (non-hydrogen) atoms. The molecule has 3 heterocycles. The second-order valence-electron chi connectivity index (χ2n) is 6.75. The minimum atomic E-state index is -1.05. The summed E-state index contributed by atoms with van der Waals surface area (Å²) in [5.41, 5.74) is 8.74. The third-order valence-corrected chi connectivity index (χ3v) is 4.28. The van der Waals surface area contributed by atoms with E-state index in [1.54, 1.807) is 20.0 Å². The van der Waals surface area contributed by atoms with Crippen LogP contribution in [0.2, 0.25) is 0 Å². The molecule has 3 aliphatic rings. The van der Waals surface area contributed by atoms with Crippen molar-refractivity contribution < 1.29 is 9.90 Å². The Morgan fingerprint density at radius 3 is 2.83 bits per heavy atom. The molecule has 1 unspecified atom stereocenters. The van der Waals surface area contributed by atoms with Crippen molar-refractivity contribution >= 4 is 11.5 Å². The van der Waals surface area contributed by atoms with Crippen LogP contribution in [0.15, 0.2) is 30.5 Å². The Labute approximate surface area is 139 Å². The Bertz CT molecular complexity index is 965. The zero-order chi connectivity index (χ0) is 17.1. The van der Waals surface area contributed by atoms with E-state index in [4.69, 9.17) is 5.73 Å². The summed E-state index contributed by atoms with van der Waals surface area (Å²) in [6, 6.07) is 6.15. The molecule has 0 saturated heterocycles. The minimum Gasteiger partial charge on any atom is -0.378 e. The van der Waals surface area contributed by atoms with Crippen LogP contribution in [0.3, 0.4) is 0 Å². The number of nitrogens with two attached hydrogens (primary N) is 1.